The predicted molar refractivity (Wildman–Crippen MR) is 140 cm³/mol. The summed E-state index contributed by atoms with van der Waals surface area (Å²) in [6, 6.07) is 0. The van der Waals surface area contributed by atoms with Crippen LogP contribution in [0.15, 0.2) is 11.1 Å². The number of nitrogens with one attached hydrogen (secondary N) is 1. The molecule has 2 aromatic rings. The van der Waals surface area contributed by atoms with Gasteiger partial charge in [-0.1, -0.05) is 0 Å². The molecule has 2 rings (SSSR count). The van der Waals surface area contributed by atoms with Crippen molar-refractivity contribution in [3.63, 3.8) is 0 Å². The molecule has 2 aromatic heterocycles. The minimum absolute atomic E-state index is 0.00181. The van der Waals surface area contributed by atoms with Crippen LogP contribution in [-0.4, -0.2) is 153 Å². The largest absolute Gasteiger partial charge is 0.394 e. The molecule has 0 aliphatic rings. The van der Waals surface area contributed by atoms with Gasteiger partial charge in [0.05, 0.1) is 19.5 Å². The van der Waals surface area contributed by atoms with Crippen LogP contribution in [0.4, 0.5) is 5.95 Å². The number of H-pyrrole nitrogens is 1. The second kappa shape index (κ2) is 21.4. The Hall–Kier alpha value is -2.13. The molecular formula is C21H49N9O4. The Kier molecular flexibility index (Phi) is 22.9. The highest BCUT2D eigenvalue weighted by atomic mass is 16.5. The summed E-state index contributed by atoms with van der Waals surface area (Å²) in [6.45, 7) is -0.614. The Morgan fingerprint density at radius 1 is 0.912 bits per heavy atom. The Morgan fingerprint density at radius 2 is 1.29 bits per heavy atom. The number of fused-ring (bicyclic) bond motifs is 1. The van der Waals surface area contributed by atoms with E-state index < -0.39 is 11.7 Å². The van der Waals surface area contributed by atoms with E-state index in [4.69, 9.17) is 20.7 Å². The lowest BCUT2D eigenvalue weighted by molar-refractivity contribution is -0.0488. The molecule has 0 saturated carbocycles. The molecule has 0 spiro atoms. The molecule has 0 fully saturated rings. The van der Waals surface area contributed by atoms with Gasteiger partial charge in [0, 0.05) is 0 Å². The first-order valence-corrected chi connectivity index (χ1v) is 10.6. The lowest BCUT2D eigenvalue weighted by Crippen LogP contribution is -2.23. The van der Waals surface area contributed by atoms with E-state index in [1.165, 1.54) is 10.9 Å². The Bertz CT molecular complexity index is 738. The van der Waals surface area contributed by atoms with Crippen LogP contribution in [0.5, 0.6) is 0 Å². The number of nitrogen functional groups attached to an aromatic ring is 1. The molecule has 0 saturated heterocycles. The number of aliphatic hydroxyl groups is 2. The average Bonchev–Trinajstić information content (AvgIpc) is 3.04. The van der Waals surface area contributed by atoms with Gasteiger partial charge in [0.2, 0.25) is 5.95 Å². The number of ether oxygens (including phenoxy) is 1. The molecule has 13 heteroatoms. The Morgan fingerprint density at radius 3 is 1.65 bits per heavy atom. The molecular weight excluding hydrogens is 442 g/mol. The van der Waals surface area contributed by atoms with Crippen LogP contribution in [0.3, 0.4) is 0 Å². The van der Waals surface area contributed by atoms with Crippen LogP contribution in [0.25, 0.3) is 11.2 Å². The van der Waals surface area contributed by atoms with Crippen molar-refractivity contribution in [1.82, 2.24) is 39.1 Å². The van der Waals surface area contributed by atoms with Gasteiger partial charge in [-0.25, -0.2) is 4.98 Å². The third-order valence-corrected chi connectivity index (χ3v) is 2.35. The Balaban J connectivity index is -0.000000492. The maximum Gasteiger partial charge on any atom is 0.280 e. The summed E-state index contributed by atoms with van der Waals surface area (Å²) in [5.74, 6) is -0.0184. The molecule has 0 aliphatic carbocycles. The molecule has 34 heavy (non-hydrogen) atoms. The third kappa shape index (κ3) is 24.5. The normalized spacial score (nSPS) is 10.3. The van der Waals surface area contributed by atoms with E-state index in [0.29, 0.717) is 0 Å². The Labute approximate surface area is 204 Å². The number of imidazole rings is 1. The number of nitrogens with two attached hydrogens (primary N) is 1. The quantitative estimate of drug-likeness (QED) is 0.396. The first-order valence-electron chi connectivity index (χ1n) is 10.6. The van der Waals surface area contributed by atoms with Gasteiger partial charge in [0.25, 0.3) is 5.56 Å². The number of aromatic nitrogens is 4. The number of hydrogen-bond donors (Lipinski definition) is 4. The van der Waals surface area contributed by atoms with Crippen LogP contribution in [0, 0.1) is 0 Å². The lowest BCUT2D eigenvalue weighted by Gasteiger charge is -2.12. The van der Waals surface area contributed by atoms with Crippen LogP contribution >= 0.6 is 0 Å². The summed E-state index contributed by atoms with van der Waals surface area (Å²) in [4.78, 5) is 29.6. The van der Waals surface area contributed by atoms with Crippen LogP contribution in [-0.2, 0) is 11.5 Å². The fraction of sp³-hybridized carbons (Fsp3) is 0.762. The lowest BCUT2D eigenvalue weighted by atomic mass is 10.4. The predicted octanol–water partition coefficient (Wildman–Crippen LogP) is -1.26. The smallest absolute Gasteiger partial charge is 0.280 e. The van der Waals surface area contributed by atoms with E-state index in [1.807, 2.05) is 104 Å². The van der Waals surface area contributed by atoms with Gasteiger partial charge in [-0.05, 0) is 84.6 Å². The molecule has 0 amide bonds. The van der Waals surface area contributed by atoms with Crippen molar-refractivity contribution in [2.75, 3.05) is 104 Å². The summed E-state index contributed by atoms with van der Waals surface area (Å²) < 4.78 is 6.66. The zero-order chi connectivity index (χ0) is 27.4. The van der Waals surface area contributed by atoms with Crippen molar-refractivity contribution >= 4 is 17.1 Å². The number of aromatic amines is 1. The molecule has 0 aliphatic heterocycles. The van der Waals surface area contributed by atoms with Crippen molar-refractivity contribution in [3.8, 4) is 0 Å². The standard InChI is InChI=1S/C9H13N5O4.4C3H9N/c10-9-12-7-6(8(17)13-9)11-3-14(7)4-18-5(1-15)2-16;4*1-4(2)3/h3,5,15-16H,1-2,4H2,(H3,10,12,13,17);4*1-3H3. The second-order valence-corrected chi connectivity index (χ2v) is 8.99. The van der Waals surface area contributed by atoms with Crippen LogP contribution in [0.1, 0.15) is 0 Å². The number of rotatable bonds is 5. The summed E-state index contributed by atoms with van der Waals surface area (Å²) >= 11 is 0. The van der Waals surface area contributed by atoms with Crippen molar-refractivity contribution in [3.05, 3.63) is 16.7 Å². The van der Waals surface area contributed by atoms with Gasteiger partial charge >= 0.3 is 0 Å². The van der Waals surface area contributed by atoms with Crippen molar-refractivity contribution < 1.29 is 14.9 Å². The van der Waals surface area contributed by atoms with E-state index in [0.717, 1.165) is 0 Å². The number of hydrogen-bond acceptors (Lipinski definition) is 11. The molecule has 0 unspecified atom stereocenters. The van der Waals surface area contributed by atoms with E-state index in [1.54, 1.807) is 0 Å². The fourth-order valence-corrected chi connectivity index (χ4v) is 1.41. The second-order valence-electron chi connectivity index (χ2n) is 8.99. The number of aliphatic hydroxyl groups excluding tert-OH is 2. The zero-order valence-electron chi connectivity index (χ0n) is 23.2. The molecule has 202 valence electrons. The van der Waals surface area contributed by atoms with E-state index in [2.05, 4.69) is 15.0 Å². The van der Waals surface area contributed by atoms with E-state index in [-0.39, 0.29) is 37.1 Å². The van der Waals surface area contributed by atoms with Gasteiger partial charge in [-0.2, -0.15) is 4.98 Å². The van der Waals surface area contributed by atoms with Gasteiger partial charge < -0.3 is 40.3 Å². The van der Waals surface area contributed by atoms with Gasteiger partial charge in [0.15, 0.2) is 11.2 Å². The van der Waals surface area contributed by atoms with Crippen molar-refractivity contribution in [2.45, 2.75) is 12.8 Å². The van der Waals surface area contributed by atoms with Crippen molar-refractivity contribution in [2.24, 2.45) is 0 Å². The summed E-state index contributed by atoms with van der Waals surface area (Å²) in [5.41, 5.74) is 5.43. The molecule has 2 heterocycles. The minimum atomic E-state index is -0.693. The maximum absolute atomic E-state index is 11.5. The highest BCUT2D eigenvalue weighted by molar-refractivity contribution is 5.70. The highest BCUT2D eigenvalue weighted by Gasteiger charge is 2.11. The van der Waals surface area contributed by atoms with E-state index >= 15 is 0 Å². The fourth-order valence-electron chi connectivity index (χ4n) is 1.41. The van der Waals surface area contributed by atoms with Gasteiger partial charge in [0.1, 0.15) is 12.8 Å². The number of anilines is 1. The topological polar surface area (TPSA) is 152 Å². The van der Waals surface area contributed by atoms with Crippen LogP contribution in [0.2, 0.25) is 0 Å². The zero-order valence-corrected chi connectivity index (χ0v) is 23.2. The first kappa shape index (κ1) is 36.4. The van der Waals surface area contributed by atoms with Crippen LogP contribution < -0.4 is 11.3 Å². The average molecular weight is 492 g/mol. The first-order chi connectivity index (χ1) is 15.6. The summed E-state index contributed by atoms with van der Waals surface area (Å²) in [6.07, 6.45) is 0.680. The highest BCUT2D eigenvalue weighted by Crippen LogP contribution is 2.07. The molecule has 0 atom stereocenters. The minimum Gasteiger partial charge on any atom is -0.394 e. The van der Waals surface area contributed by atoms with Gasteiger partial charge in [-0.15, -0.1) is 0 Å². The molecule has 0 bridgehead atoms. The molecule has 0 radical (unpaired) electrons. The molecule has 13 nitrogen and oxygen atoms in total. The number of nitrogens with zero attached hydrogens (tertiary/aromatic N) is 7. The molecule has 0 aromatic carbocycles. The summed E-state index contributed by atoms with van der Waals surface area (Å²) in [5, 5.41) is 17.7. The third-order valence-electron chi connectivity index (χ3n) is 2.35. The SMILES string of the molecule is CN(C)C.CN(C)C.CN(C)C.CN(C)C.Nc1nc2c(ncn2COC(CO)CO)c(=O)[nH]1. The summed E-state index contributed by atoms with van der Waals surface area (Å²) in [7, 11) is 24.0. The van der Waals surface area contributed by atoms with Gasteiger partial charge in [-0.3, -0.25) is 14.3 Å². The van der Waals surface area contributed by atoms with E-state index in [9.17, 15) is 4.79 Å². The maximum atomic E-state index is 11.5. The molecule has 5 N–H and O–H groups in total. The monoisotopic (exact) mass is 491 g/mol. The van der Waals surface area contributed by atoms with Crippen molar-refractivity contribution in [1.29, 1.82) is 0 Å².